The summed E-state index contributed by atoms with van der Waals surface area (Å²) in [5, 5.41) is 7.30. The lowest BCUT2D eigenvalue weighted by Gasteiger charge is -2.08. The highest BCUT2D eigenvalue weighted by Gasteiger charge is 2.16. The number of hydrogen-bond donors (Lipinski definition) is 2. The van der Waals surface area contributed by atoms with E-state index in [9.17, 15) is 9.18 Å². The number of aryl methyl sites for hydroxylation is 2. The Morgan fingerprint density at radius 2 is 1.71 bits per heavy atom. The zero-order valence-electron chi connectivity index (χ0n) is 22.7. The SMILES string of the molecule is CCn1c2ccccc2c2cc(NC(=O)CCCc3c(-c4ccc5ccccc5n4)[nH]c4ccc(F)cc34)ccc21. The quantitative estimate of drug-likeness (QED) is 0.213. The lowest BCUT2D eigenvalue weighted by atomic mass is 10.0. The van der Waals surface area contributed by atoms with E-state index in [4.69, 9.17) is 4.98 Å². The summed E-state index contributed by atoms with van der Waals surface area (Å²) in [6, 6.07) is 31.3. The maximum atomic E-state index is 14.3. The first-order chi connectivity index (χ1) is 20.1. The van der Waals surface area contributed by atoms with Crippen LogP contribution in [0.2, 0.25) is 0 Å². The van der Waals surface area contributed by atoms with E-state index in [2.05, 4.69) is 58.2 Å². The molecule has 0 radical (unpaired) electrons. The number of pyridine rings is 1. The zero-order valence-corrected chi connectivity index (χ0v) is 22.7. The van der Waals surface area contributed by atoms with Crippen molar-refractivity contribution in [3.63, 3.8) is 0 Å². The molecule has 0 spiro atoms. The van der Waals surface area contributed by atoms with Crippen molar-refractivity contribution in [1.82, 2.24) is 14.5 Å². The monoisotopic (exact) mass is 540 g/mol. The number of rotatable bonds is 7. The molecule has 0 fully saturated rings. The van der Waals surface area contributed by atoms with Gasteiger partial charge in [-0.3, -0.25) is 4.79 Å². The minimum absolute atomic E-state index is 0.0417. The molecule has 0 atom stereocenters. The predicted octanol–water partition coefficient (Wildman–Crippen LogP) is 8.61. The number of benzene rings is 4. The molecule has 0 bridgehead atoms. The van der Waals surface area contributed by atoms with Gasteiger partial charge in [-0.05, 0) is 79.9 Å². The highest BCUT2D eigenvalue weighted by Crippen LogP contribution is 2.33. The smallest absolute Gasteiger partial charge is 0.224 e. The van der Waals surface area contributed by atoms with E-state index in [0.29, 0.717) is 19.3 Å². The van der Waals surface area contributed by atoms with Crippen LogP contribution in [0.1, 0.15) is 25.3 Å². The molecule has 0 saturated heterocycles. The van der Waals surface area contributed by atoms with Gasteiger partial charge in [0.15, 0.2) is 0 Å². The number of aromatic nitrogens is 3. The van der Waals surface area contributed by atoms with E-state index in [1.807, 2.05) is 42.5 Å². The van der Waals surface area contributed by atoms with Crippen molar-refractivity contribution in [2.75, 3.05) is 5.32 Å². The molecule has 0 saturated carbocycles. The fourth-order valence-corrected chi connectivity index (χ4v) is 6.02. The molecule has 41 heavy (non-hydrogen) atoms. The van der Waals surface area contributed by atoms with Crippen LogP contribution in [0.5, 0.6) is 0 Å². The summed E-state index contributed by atoms with van der Waals surface area (Å²) < 4.78 is 16.6. The fraction of sp³-hybridized carbons (Fsp3) is 0.143. The van der Waals surface area contributed by atoms with Gasteiger partial charge < -0.3 is 14.9 Å². The molecule has 0 aliphatic rings. The summed E-state index contributed by atoms with van der Waals surface area (Å²) in [6.07, 6.45) is 1.58. The molecule has 3 heterocycles. The summed E-state index contributed by atoms with van der Waals surface area (Å²) in [7, 11) is 0. The second kappa shape index (κ2) is 10.2. The van der Waals surface area contributed by atoms with E-state index in [1.54, 1.807) is 12.1 Å². The van der Waals surface area contributed by atoms with Crippen molar-refractivity contribution in [3.05, 3.63) is 108 Å². The third kappa shape index (κ3) is 4.51. The average molecular weight is 541 g/mol. The van der Waals surface area contributed by atoms with Crippen molar-refractivity contribution in [2.24, 2.45) is 0 Å². The number of carbonyl (C=O) groups is 1. The number of para-hydroxylation sites is 2. The Morgan fingerprint density at radius 3 is 2.61 bits per heavy atom. The van der Waals surface area contributed by atoms with Crippen LogP contribution in [-0.4, -0.2) is 20.4 Å². The predicted molar refractivity (Wildman–Crippen MR) is 166 cm³/mol. The van der Waals surface area contributed by atoms with E-state index in [0.717, 1.165) is 61.9 Å². The maximum absolute atomic E-state index is 14.3. The van der Waals surface area contributed by atoms with Gasteiger partial charge in [0.1, 0.15) is 5.82 Å². The minimum atomic E-state index is -0.284. The van der Waals surface area contributed by atoms with Crippen molar-refractivity contribution in [3.8, 4) is 11.4 Å². The van der Waals surface area contributed by atoms with Crippen LogP contribution >= 0.6 is 0 Å². The number of aromatic amines is 1. The Labute approximate surface area is 236 Å². The van der Waals surface area contributed by atoms with Crippen molar-refractivity contribution in [1.29, 1.82) is 0 Å². The molecule has 3 aromatic heterocycles. The second-order valence-electron chi connectivity index (χ2n) is 10.5. The average Bonchev–Trinajstić information content (AvgIpc) is 3.51. The number of halogens is 1. The molecule has 7 aromatic rings. The highest BCUT2D eigenvalue weighted by atomic mass is 19.1. The first-order valence-corrected chi connectivity index (χ1v) is 14.1. The topological polar surface area (TPSA) is 62.7 Å². The molecule has 6 heteroatoms. The van der Waals surface area contributed by atoms with Crippen LogP contribution in [0.4, 0.5) is 10.1 Å². The van der Waals surface area contributed by atoms with Gasteiger partial charge in [0, 0.05) is 56.7 Å². The van der Waals surface area contributed by atoms with Gasteiger partial charge in [0.05, 0.1) is 16.9 Å². The lowest BCUT2D eigenvalue weighted by molar-refractivity contribution is -0.116. The third-order valence-corrected chi connectivity index (χ3v) is 7.93. The summed E-state index contributed by atoms with van der Waals surface area (Å²) >= 11 is 0. The van der Waals surface area contributed by atoms with Crippen LogP contribution in [-0.2, 0) is 17.8 Å². The number of amides is 1. The Kier molecular flexibility index (Phi) is 6.23. The fourth-order valence-electron chi connectivity index (χ4n) is 6.02. The number of nitrogens with zero attached hydrogens (tertiary/aromatic N) is 2. The lowest BCUT2D eigenvalue weighted by Crippen LogP contribution is -2.11. The number of H-pyrrole nitrogens is 1. The van der Waals surface area contributed by atoms with E-state index < -0.39 is 0 Å². The van der Waals surface area contributed by atoms with Crippen LogP contribution < -0.4 is 5.32 Å². The molecule has 0 unspecified atom stereocenters. The van der Waals surface area contributed by atoms with Crippen LogP contribution in [0, 0.1) is 5.82 Å². The Hall–Kier alpha value is -4.97. The largest absolute Gasteiger partial charge is 0.353 e. The molecule has 7 rings (SSSR count). The maximum Gasteiger partial charge on any atom is 0.224 e. The van der Waals surface area contributed by atoms with E-state index >= 15 is 0 Å². The number of hydrogen-bond acceptors (Lipinski definition) is 2. The van der Waals surface area contributed by atoms with Crippen LogP contribution in [0.3, 0.4) is 0 Å². The van der Waals surface area contributed by atoms with Gasteiger partial charge in [-0.25, -0.2) is 9.37 Å². The summed E-state index contributed by atoms with van der Waals surface area (Å²) in [4.78, 5) is 21.4. The van der Waals surface area contributed by atoms with Crippen molar-refractivity contribution in [2.45, 2.75) is 32.7 Å². The first-order valence-electron chi connectivity index (χ1n) is 14.1. The van der Waals surface area contributed by atoms with E-state index in [-0.39, 0.29) is 11.7 Å². The molecule has 4 aromatic carbocycles. The Bertz CT molecular complexity index is 2090. The molecule has 5 nitrogen and oxygen atoms in total. The molecule has 0 aliphatic heterocycles. The van der Waals surface area contributed by atoms with Gasteiger partial charge in [-0.2, -0.15) is 0 Å². The van der Waals surface area contributed by atoms with Gasteiger partial charge in [0.2, 0.25) is 5.91 Å². The van der Waals surface area contributed by atoms with Gasteiger partial charge in [-0.1, -0.05) is 42.5 Å². The molecule has 2 N–H and O–H groups in total. The normalized spacial score (nSPS) is 11.7. The summed E-state index contributed by atoms with van der Waals surface area (Å²) in [5.74, 6) is -0.326. The third-order valence-electron chi connectivity index (χ3n) is 7.93. The van der Waals surface area contributed by atoms with Gasteiger partial charge in [0.25, 0.3) is 0 Å². The van der Waals surface area contributed by atoms with Crippen LogP contribution in [0.15, 0.2) is 97.1 Å². The van der Waals surface area contributed by atoms with Crippen molar-refractivity contribution >= 4 is 55.2 Å². The minimum Gasteiger partial charge on any atom is -0.353 e. The number of nitrogens with one attached hydrogen (secondary N) is 2. The Morgan fingerprint density at radius 1 is 0.878 bits per heavy atom. The Balaban J connectivity index is 1.13. The molecule has 202 valence electrons. The standard InChI is InChI=1S/C35H29FN4O/c1-2-40-32-12-6-4-9-25(32)28-21-24(16-19-33(28)40)37-34(41)13-7-10-26-27-20-23(36)15-18-30(27)39-35(26)31-17-14-22-8-3-5-11-29(22)38-31/h3-6,8-9,11-12,14-21,39H,2,7,10,13H2,1H3,(H,37,41). The molecule has 1 amide bonds. The summed E-state index contributed by atoms with van der Waals surface area (Å²) in [5.41, 5.74) is 7.55. The van der Waals surface area contributed by atoms with E-state index in [1.165, 1.54) is 17.0 Å². The van der Waals surface area contributed by atoms with Crippen LogP contribution in [0.25, 0.3) is 55.0 Å². The molecule has 0 aliphatic carbocycles. The zero-order chi connectivity index (χ0) is 27.9. The highest BCUT2D eigenvalue weighted by molar-refractivity contribution is 6.09. The number of anilines is 1. The first kappa shape index (κ1) is 25.0. The van der Waals surface area contributed by atoms with Gasteiger partial charge >= 0.3 is 0 Å². The number of carbonyl (C=O) groups excluding carboxylic acids is 1. The molecular weight excluding hydrogens is 511 g/mol. The molecular formula is C35H29FN4O. The van der Waals surface area contributed by atoms with Gasteiger partial charge in [-0.15, -0.1) is 0 Å². The second-order valence-corrected chi connectivity index (χ2v) is 10.5. The number of fused-ring (bicyclic) bond motifs is 5. The summed E-state index contributed by atoms with van der Waals surface area (Å²) in [6.45, 7) is 3.02. The van der Waals surface area contributed by atoms with Crippen molar-refractivity contribution < 1.29 is 9.18 Å².